The third-order valence-electron chi connectivity index (χ3n) is 5.36. The predicted molar refractivity (Wildman–Crippen MR) is 124 cm³/mol. The Kier molecular flexibility index (Phi) is 5.89. The summed E-state index contributed by atoms with van der Waals surface area (Å²) < 4.78 is 0. The minimum atomic E-state index is -0.391. The smallest absolute Gasteiger partial charge is 0.290 e. The highest BCUT2D eigenvalue weighted by Gasteiger charge is 2.40. The van der Waals surface area contributed by atoms with E-state index in [1.807, 2.05) is 86.0 Å². The molecule has 0 fully saturated rings. The number of thioether (sulfide) groups is 1. The maximum atomic E-state index is 13.1. The predicted octanol–water partition coefficient (Wildman–Crippen LogP) is 6.42. The number of aliphatic hydroxyl groups excluding tert-OH is 1. The second-order valence-corrected chi connectivity index (χ2v) is 8.68. The average molecular weight is 436 g/mol. The van der Waals surface area contributed by atoms with Gasteiger partial charge < -0.3 is 10.0 Å². The zero-order chi connectivity index (χ0) is 21.3. The normalized spacial score (nSPS) is 16.4. The maximum absolute atomic E-state index is 13.1. The van der Waals surface area contributed by atoms with E-state index in [1.165, 1.54) is 4.90 Å². The molecule has 1 amide bonds. The van der Waals surface area contributed by atoms with E-state index < -0.39 is 6.04 Å². The number of amides is 1. The number of carbonyl (C=O) groups excluding carboxylic acids is 1. The Morgan fingerprint density at radius 3 is 2.20 bits per heavy atom. The molecule has 0 bridgehead atoms. The largest absolute Gasteiger partial charge is 0.503 e. The van der Waals surface area contributed by atoms with Gasteiger partial charge in [0, 0.05) is 22.0 Å². The molecular formula is C25H22ClNO2S. The molecule has 1 aliphatic heterocycles. The topological polar surface area (TPSA) is 40.5 Å². The number of halogens is 1. The van der Waals surface area contributed by atoms with Crippen LogP contribution >= 0.6 is 23.4 Å². The molecule has 1 atom stereocenters. The van der Waals surface area contributed by atoms with E-state index in [9.17, 15) is 9.90 Å². The van der Waals surface area contributed by atoms with Crippen molar-refractivity contribution in [3.8, 4) is 0 Å². The Hall–Kier alpha value is -2.69. The molecule has 0 saturated carbocycles. The number of benzene rings is 3. The zero-order valence-electron chi connectivity index (χ0n) is 16.8. The number of aryl methyl sites for hydroxylation is 1. The number of hydrogen-bond acceptors (Lipinski definition) is 3. The zero-order valence-corrected chi connectivity index (χ0v) is 18.4. The fourth-order valence-electron chi connectivity index (χ4n) is 3.76. The van der Waals surface area contributed by atoms with Gasteiger partial charge in [-0.05, 0) is 54.1 Å². The Bertz CT molecular complexity index is 1090. The SMILES string of the molecule is CSc1ccc(CN2C(=O)C(O)=C(c3ccc(C)cc3)[C@H]2c2ccc(Cl)cc2)cc1. The number of aliphatic hydroxyl groups is 1. The average Bonchev–Trinajstić information content (AvgIpc) is 3.00. The van der Waals surface area contributed by atoms with E-state index in [1.54, 1.807) is 16.7 Å². The molecule has 4 rings (SSSR count). The van der Waals surface area contributed by atoms with Crippen LogP contribution in [0.25, 0.3) is 5.57 Å². The van der Waals surface area contributed by atoms with Crippen molar-refractivity contribution in [1.29, 1.82) is 0 Å². The summed E-state index contributed by atoms with van der Waals surface area (Å²) in [4.78, 5) is 16.0. The second kappa shape index (κ2) is 8.58. The first-order valence-corrected chi connectivity index (χ1v) is 11.3. The molecule has 1 aliphatic rings. The lowest BCUT2D eigenvalue weighted by Gasteiger charge is -2.27. The van der Waals surface area contributed by atoms with Crippen LogP contribution in [0.3, 0.4) is 0 Å². The molecular weight excluding hydrogens is 414 g/mol. The molecule has 0 aliphatic carbocycles. The molecule has 5 heteroatoms. The molecule has 0 spiro atoms. The van der Waals surface area contributed by atoms with E-state index in [0.717, 1.165) is 22.3 Å². The summed E-state index contributed by atoms with van der Waals surface area (Å²) >= 11 is 7.77. The van der Waals surface area contributed by atoms with Crippen molar-refractivity contribution in [2.75, 3.05) is 6.26 Å². The first-order chi connectivity index (χ1) is 14.5. The van der Waals surface area contributed by atoms with Crippen LogP contribution in [0, 0.1) is 6.92 Å². The molecule has 3 aromatic carbocycles. The summed E-state index contributed by atoms with van der Waals surface area (Å²) in [7, 11) is 0. The molecule has 3 nitrogen and oxygen atoms in total. The molecule has 0 aromatic heterocycles. The van der Waals surface area contributed by atoms with Gasteiger partial charge in [-0.3, -0.25) is 4.79 Å². The van der Waals surface area contributed by atoms with Crippen LogP contribution in [0.2, 0.25) is 5.02 Å². The van der Waals surface area contributed by atoms with Gasteiger partial charge >= 0.3 is 0 Å². The Morgan fingerprint density at radius 2 is 1.60 bits per heavy atom. The number of rotatable bonds is 5. The van der Waals surface area contributed by atoms with Gasteiger partial charge in [0.05, 0.1) is 6.04 Å². The van der Waals surface area contributed by atoms with Gasteiger partial charge in [0.2, 0.25) is 0 Å². The van der Waals surface area contributed by atoms with Gasteiger partial charge in [0.1, 0.15) is 0 Å². The van der Waals surface area contributed by atoms with E-state index in [2.05, 4.69) is 0 Å². The van der Waals surface area contributed by atoms with Crippen molar-refractivity contribution in [2.45, 2.75) is 24.4 Å². The molecule has 0 unspecified atom stereocenters. The lowest BCUT2D eigenvalue weighted by molar-refractivity contribution is -0.130. The van der Waals surface area contributed by atoms with Crippen molar-refractivity contribution < 1.29 is 9.90 Å². The monoisotopic (exact) mass is 435 g/mol. The van der Waals surface area contributed by atoms with Crippen molar-refractivity contribution in [3.63, 3.8) is 0 Å². The highest BCUT2D eigenvalue weighted by atomic mass is 35.5. The molecule has 1 N–H and O–H groups in total. The summed E-state index contributed by atoms with van der Waals surface area (Å²) in [6.45, 7) is 2.42. The minimum absolute atomic E-state index is 0.195. The Labute approximate surface area is 186 Å². The number of carbonyl (C=O) groups is 1. The summed E-state index contributed by atoms with van der Waals surface area (Å²) in [5.74, 6) is -0.556. The van der Waals surface area contributed by atoms with Gasteiger partial charge in [-0.2, -0.15) is 0 Å². The summed E-state index contributed by atoms with van der Waals surface area (Å²) in [6.07, 6.45) is 2.03. The second-order valence-electron chi connectivity index (χ2n) is 7.36. The molecule has 0 radical (unpaired) electrons. The van der Waals surface area contributed by atoms with E-state index in [0.29, 0.717) is 17.1 Å². The van der Waals surface area contributed by atoms with Crippen LogP contribution in [-0.4, -0.2) is 22.2 Å². The van der Waals surface area contributed by atoms with E-state index in [4.69, 9.17) is 11.6 Å². The van der Waals surface area contributed by atoms with E-state index in [-0.39, 0.29) is 11.7 Å². The van der Waals surface area contributed by atoms with Gasteiger partial charge in [0.25, 0.3) is 5.91 Å². The minimum Gasteiger partial charge on any atom is -0.503 e. The molecule has 152 valence electrons. The molecule has 0 saturated heterocycles. The summed E-state index contributed by atoms with van der Waals surface area (Å²) in [5, 5.41) is 11.5. The van der Waals surface area contributed by atoms with Crippen LogP contribution in [0.5, 0.6) is 0 Å². The summed E-state index contributed by atoms with van der Waals surface area (Å²) in [5.41, 5.74) is 4.51. The van der Waals surface area contributed by atoms with Crippen molar-refractivity contribution in [3.05, 3.63) is 106 Å². The number of nitrogens with zero attached hydrogens (tertiary/aromatic N) is 1. The summed E-state index contributed by atoms with van der Waals surface area (Å²) in [6, 6.07) is 23.1. The lowest BCUT2D eigenvalue weighted by Crippen LogP contribution is -2.29. The third-order valence-corrected chi connectivity index (χ3v) is 6.36. The van der Waals surface area contributed by atoms with Crippen molar-refractivity contribution >= 4 is 34.8 Å². The van der Waals surface area contributed by atoms with Crippen LogP contribution < -0.4 is 0 Å². The molecule has 30 heavy (non-hydrogen) atoms. The fraction of sp³-hybridized carbons (Fsp3) is 0.160. The van der Waals surface area contributed by atoms with Gasteiger partial charge in [-0.1, -0.05) is 65.7 Å². The Morgan fingerprint density at radius 1 is 0.967 bits per heavy atom. The third kappa shape index (κ3) is 3.98. The highest BCUT2D eigenvalue weighted by Crippen LogP contribution is 2.44. The highest BCUT2D eigenvalue weighted by molar-refractivity contribution is 7.98. The maximum Gasteiger partial charge on any atom is 0.290 e. The standard InChI is InChI=1S/C25H22ClNO2S/c1-16-3-7-18(8-4-16)22-23(19-9-11-20(26)12-10-19)27(25(29)24(22)28)15-17-5-13-21(30-2)14-6-17/h3-14,23,28H,15H2,1-2H3/t23-/m1/s1. The molecule has 3 aromatic rings. The fourth-order valence-corrected chi connectivity index (χ4v) is 4.30. The van der Waals surface area contributed by atoms with Gasteiger partial charge in [0.15, 0.2) is 5.76 Å². The molecule has 1 heterocycles. The van der Waals surface area contributed by atoms with Crippen LogP contribution in [-0.2, 0) is 11.3 Å². The van der Waals surface area contributed by atoms with Crippen LogP contribution in [0.15, 0.2) is 83.5 Å². The lowest BCUT2D eigenvalue weighted by atomic mass is 9.93. The van der Waals surface area contributed by atoms with Crippen LogP contribution in [0.1, 0.15) is 28.3 Å². The van der Waals surface area contributed by atoms with Crippen molar-refractivity contribution in [2.24, 2.45) is 0 Å². The first-order valence-electron chi connectivity index (χ1n) is 9.67. The van der Waals surface area contributed by atoms with Gasteiger partial charge in [-0.15, -0.1) is 11.8 Å². The first kappa shape index (κ1) is 20.6. The van der Waals surface area contributed by atoms with Crippen LogP contribution in [0.4, 0.5) is 0 Å². The van der Waals surface area contributed by atoms with E-state index >= 15 is 0 Å². The van der Waals surface area contributed by atoms with Gasteiger partial charge in [-0.25, -0.2) is 0 Å². The Balaban J connectivity index is 1.77. The quantitative estimate of drug-likeness (QED) is 0.470. The van der Waals surface area contributed by atoms with Crippen molar-refractivity contribution in [1.82, 2.24) is 4.90 Å². The number of hydrogen-bond donors (Lipinski definition) is 1.